The Hall–Kier alpha value is -9.88. The Labute approximate surface area is 465 Å². The predicted octanol–water partition coefficient (Wildman–Crippen LogP) is 22.6. The van der Waals surface area contributed by atoms with Crippen LogP contribution in [0.4, 0.5) is 0 Å². The summed E-state index contributed by atoms with van der Waals surface area (Å²) in [5.41, 5.74) is 30.9. The van der Waals surface area contributed by atoms with Gasteiger partial charge in [-0.3, -0.25) is 0 Å². The van der Waals surface area contributed by atoms with Gasteiger partial charge in [0.1, 0.15) is 0 Å². The first-order valence-electron chi connectivity index (χ1n) is 28.2. The molecule has 2 aliphatic carbocycles. The van der Waals surface area contributed by atoms with Crippen molar-refractivity contribution in [3.63, 3.8) is 0 Å². The highest BCUT2D eigenvalue weighted by molar-refractivity contribution is 6.42. The maximum absolute atomic E-state index is 2.49. The molecule has 0 heteroatoms. The number of hydrogen-bond acceptors (Lipinski definition) is 0. The fourth-order valence-electron chi connectivity index (χ4n) is 14.9. The molecule has 0 spiro atoms. The van der Waals surface area contributed by atoms with E-state index >= 15 is 0 Å². The molecular weight excluding hydrogens is 961 g/mol. The Morgan fingerprint density at radius 1 is 0.175 bits per heavy atom. The normalized spacial score (nSPS) is 12.2. The molecule has 2 aliphatic rings. The van der Waals surface area contributed by atoms with Gasteiger partial charge in [0.15, 0.2) is 0 Å². The summed E-state index contributed by atoms with van der Waals surface area (Å²) in [6.07, 6.45) is 0. The highest BCUT2D eigenvalue weighted by atomic mass is 14.4. The molecular formula is C80H52. The van der Waals surface area contributed by atoms with Gasteiger partial charge in [0.05, 0.1) is 0 Å². The van der Waals surface area contributed by atoms with Gasteiger partial charge in [0, 0.05) is 0 Å². The summed E-state index contributed by atoms with van der Waals surface area (Å²) >= 11 is 0. The zero-order valence-corrected chi connectivity index (χ0v) is 45.1. The largest absolute Gasteiger partial charge is 0.0622 e. The molecule has 17 rings (SSSR count). The van der Waals surface area contributed by atoms with E-state index in [-0.39, 0.29) is 0 Å². The van der Waals surface area contributed by atoms with E-state index < -0.39 is 0 Å². The van der Waals surface area contributed by atoms with E-state index in [2.05, 4.69) is 270 Å². The molecule has 0 aliphatic heterocycles. The minimum absolute atomic E-state index is 1.22. The quantitative estimate of drug-likeness (QED) is 0.115. The fourth-order valence-corrected chi connectivity index (χ4v) is 14.9. The smallest absolute Gasteiger partial charge is 0.000718 e. The van der Waals surface area contributed by atoms with Crippen LogP contribution in [0.25, 0.3) is 176 Å². The van der Waals surface area contributed by atoms with Crippen LogP contribution in [0.1, 0.15) is 22.3 Å². The molecule has 0 saturated carbocycles. The van der Waals surface area contributed by atoms with E-state index in [4.69, 9.17) is 0 Å². The molecule has 15 aromatic carbocycles. The van der Waals surface area contributed by atoms with Crippen LogP contribution < -0.4 is 0 Å². The molecule has 372 valence electrons. The Morgan fingerprint density at radius 3 is 0.800 bits per heavy atom. The molecule has 0 heterocycles. The predicted molar refractivity (Wildman–Crippen MR) is 343 cm³/mol. The van der Waals surface area contributed by atoms with Crippen LogP contribution in [0.2, 0.25) is 0 Å². The van der Waals surface area contributed by atoms with E-state index in [1.807, 2.05) is 0 Å². The zero-order valence-electron chi connectivity index (χ0n) is 45.1. The zero-order chi connectivity index (χ0) is 53.1. The molecule has 15 aromatic rings. The first-order chi connectivity index (χ1) is 39.4. The molecule has 0 aromatic heterocycles. The molecule has 0 amide bonds. The highest BCUT2D eigenvalue weighted by Crippen LogP contribution is 2.64. The fraction of sp³-hybridized carbons (Fsp3) is 0.0500. The van der Waals surface area contributed by atoms with Crippen molar-refractivity contribution in [3.8, 4) is 111 Å². The number of benzene rings is 15. The molecule has 0 nitrogen and oxygen atoms in total. The Bertz CT molecular complexity index is 4840. The van der Waals surface area contributed by atoms with Crippen molar-refractivity contribution < 1.29 is 0 Å². The third-order valence-corrected chi connectivity index (χ3v) is 18.3. The average Bonchev–Trinajstić information content (AvgIpc) is 2.85. The summed E-state index contributed by atoms with van der Waals surface area (Å²) in [6, 6.07) is 92.3. The van der Waals surface area contributed by atoms with Gasteiger partial charge in [-0.1, -0.05) is 254 Å². The van der Waals surface area contributed by atoms with Gasteiger partial charge in [-0.2, -0.15) is 0 Å². The third-order valence-electron chi connectivity index (χ3n) is 18.3. The summed E-state index contributed by atoms with van der Waals surface area (Å²) in [7, 11) is 0. The molecule has 0 fully saturated rings. The van der Waals surface area contributed by atoms with Crippen molar-refractivity contribution in [1.82, 2.24) is 0 Å². The van der Waals surface area contributed by atoms with Gasteiger partial charge < -0.3 is 0 Å². The van der Waals surface area contributed by atoms with Gasteiger partial charge >= 0.3 is 0 Å². The van der Waals surface area contributed by atoms with Gasteiger partial charge in [-0.15, -0.1) is 0 Å². The van der Waals surface area contributed by atoms with Crippen molar-refractivity contribution in [2.45, 2.75) is 27.7 Å². The second-order valence-electron chi connectivity index (χ2n) is 22.7. The van der Waals surface area contributed by atoms with Gasteiger partial charge in [-0.25, -0.2) is 0 Å². The summed E-state index contributed by atoms with van der Waals surface area (Å²) in [5.74, 6) is 0. The summed E-state index contributed by atoms with van der Waals surface area (Å²) in [6.45, 7) is 9.04. The lowest BCUT2D eigenvalue weighted by molar-refractivity contribution is 1.40. The van der Waals surface area contributed by atoms with Crippen LogP contribution in [-0.2, 0) is 0 Å². The van der Waals surface area contributed by atoms with Crippen LogP contribution in [0.15, 0.2) is 243 Å². The van der Waals surface area contributed by atoms with Crippen LogP contribution >= 0.6 is 0 Å². The Morgan fingerprint density at radius 2 is 0.463 bits per heavy atom. The second kappa shape index (κ2) is 16.8. The number of hydrogen-bond donors (Lipinski definition) is 0. The Balaban J connectivity index is 1.00. The topological polar surface area (TPSA) is 0 Å². The van der Waals surface area contributed by atoms with Gasteiger partial charge in [-0.05, 0) is 215 Å². The molecule has 0 unspecified atom stereocenters. The molecule has 0 N–H and O–H groups in total. The maximum atomic E-state index is 2.49. The monoisotopic (exact) mass is 1010 g/mol. The summed E-state index contributed by atoms with van der Waals surface area (Å²) in [4.78, 5) is 0. The maximum Gasteiger partial charge on any atom is -0.000718 e. The van der Waals surface area contributed by atoms with Crippen LogP contribution in [0.5, 0.6) is 0 Å². The van der Waals surface area contributed by atoms with E-state index in [1.54, 1.807) is 0 Å². The first kappa shape index (κ1) is 45.2. The third kappa shape index (κ3) is 6.11. The van der Waals surface area contributed by atoms with Crippen LogP contribution in [0, 0.1) is 27.7 Å². The SMILES string of the molecule is Cc1ccc(C)c(-c2c3c(c(-c4ccccc4-c4ccccc4)c4ccccc24)-c2ccc4c5ccc6c7c(ccc(c8ccc-3c2c84)c75)-c2c-6c(-c3cc(C)ccc3C)c3ccccc3c2-c2ccccc2-c2ccccc2)c1. The van der Waals surface area contributed by atoms with Crippen LogP contribution in [-0.4, -0.2) is 0 Å². The molecule has 80 heavy (non-hydrogen) atoms. The lowest BCUT2D eigenvalue weighted by Gasteiger charge is -2.23. The standard InChI is InChI=1S/C80H52/c1-45-31-33-47(3)67(43-45)73-57-29-17-15-27-55(57)71(53-25-13-11-23-51(53)49-19-7-5-8-20-49)77-63-39-35-59-62-38-42-66-76-64(40-36-60(70(62)76)61-37-41-65(79(73)77)75(63)69(59)61)78-72(54-26-14-12-24-52(54)50-21-9-6-10-22-50)56-28-16-18-30-58(56)74(80(66)78)68-44-46(2)32-34-48(68)4/h5-44H,1-4H3. The average molecular weight is 1010 g/mol. The van der Waals surface area contributed by atoms with Crippen molar-refractivity contribution in [3.05, 3.63) is 265 Å². The molecule has 0 radical (unpaired) electrons. The lowest BCUT2D eigenvalue weighted by atomic mass is 9.80. The van der Waals surface area contributed by atoms with Crippen molar-refractivity contribution >= 4 is 64.6 Å². The first-order valence-corrected chi connectivity index (χ1v) is 28.2. The van der Waals surface area contributed by atoms with Crippen molar-refractivity contribution in [2.24, 2.45) is 0 Å². The minimum atomic E-state index is 1.22. The van der Waals surface area contributed by atoms with Gasteiger partial charge in [0.2, 0.25) is 0 Å². The lowest BCUT2D eigenvalue weighted by Crippen LogP contribution is -1.96. The van der Waals surface area contributed by atoms with Crippen LogP contribution in [0.3, 0.4) is 0 Å². The van der Waals surface area contributed by atoms with Gasteiger partial charge in [0.25, 0.3) is 0 Å². The van der Waals surface area contributed by atoms with E-state index in [9.17, 15) is 0 Å². The van der Waals surface area contributed by atoms with E-state index in [1.165, 1.54) is 198 Å². The van der Waals surface area contributed by atoms with Crippen molar-refractivity contribution in [1.29, 1.82) is 0 Å². The van der Waals surface area contributed by atoms with E-state index in [0.717, 1.165) is 0 Å². The second-order valence-corrected chi connectivity index (χ2v) is 22.7. The summed E-state index contributed by atoms with van der Waals surface area (Å²) in [5, 5.41) is 15.7. The molecule has 0 bridgehead atoms. The summed E-state index contributed by atoms with van der Waals surface area (Å²) < 4.78 is 0. The minimum Gasteiger partial charge on any atom is -0.0622 e. The highest BCUT2D eigenvalue weighted by Gasteiger charge is 2.36. The Kier molecular flexibility index (Phi) is 9.49. The number of rotatable bonds is 6. The molecule has 0 saturated heterocycles. The number of aryl methyl sites for hydroxylation is 4. The molecule has 0 atom stereocenters. The number of fused-ring (bicyclic) bond motifs is 10. The van der Waals surface area contributed by atoms with E-state index in [0.29, 0.717) is 0 Å². The van der Waals surface area contributed by atoms with Crippen molar-refractivity contribution in [2.75, 3.05) is 0 Å².